The van der Waals surface area contributed by atoms with Crippen LogP contribution in [0.1, 0.15) is 16.9 Å². The van der Waals surface area contributed by atoms with Crippen LogP contribution in [0, 0.1) is 0 Å². The van der Waals surface area contributed by atoms with Crippen LogP contribution in [-0.2, 0) is 11.8 Å². The molecule has 132 valence electrons. The molecule has 0 aromatic carbocycles. The molecule has 0 aliphatic carbocycles. The lowest BCUT2D eigenvalue weighted by Crippen LogP contribution is -2.41. The first-order valence-corrected chi connectivity index (χ1v) is 8.82. The van der Waals surface area contributed by atoms with Crippen molar-refractivity contribution in [1.29, 1.82) is 0 Å². The first kappa shape index (κ1) is 16.3. The van der Waals surface area contributed by atoms with Gasteiger partial charge >= 0.3 is 0 Å². The first-order valence-electron chi connectivity index (χ1n) is 7.94. The van der Waals surface area contributed by atoms with Crippen LogP contribution >= 0.6 is 11.3 Å². The average Bonchev–Trinajstić information content (AvgIpc) is 3.37. The second-order valence-corrected chi connectivity index (χ2v) is 6.66. The summed E-state index contributed by atoms with van der Waals surface area (Å²) in [4.78, 5) is 39.1. The Morgan fingerprint density at radius 2 is 2.23 bits per heavy atom. The number of carbonyl (C=O) groups excluding carboxylic acids is 2. The van der Waals surface area contributed by atoms with Crippen LogP contribution in [0.2, 0.25) is 0 Å². The highest BCUT2D eigenvalue weighted by Gasteiger charge is 2.34. The van der Waals surface area contributed by atoms with Crippen molar-refractivity contribution in [3.63, 3.8) is 0 Å². The molecule has 3 aromatic rings. The number of carbonyl (C=O) groups is 2. The minimum atomic E-state index is -0.565. The quantitative estimate of drug-likeness (QED) is 0.731. The van der Waals surface area contributed by atoms with Gasteiger partial charge in [-0.25, -0.2) is 4.98 Å². The highest BCUT2D eigenvalue weighted by Crippen LogP contribution is 2.23. The van der Waals surface area contributed by atoms with Crippen molar-refractivity contribution >= 4 is 28.8 Å². The molecule has 1 aliphatic heterocycles. The molecule has 0 spiro atoms. The standard InChI is InChI=1S/C16H15N7O2S/c1-22-8-10(6-19-22)23-5-2-11(16(23)25)20-14(24)13-9-26-15(21-13)12-7-17-3-4-18-12/h3-4,6-9,11H,2,5H2,1H3,(H,20,24). The van der Waals surface area contributed by atoms with Gasteiger partial charge in [-0.3, -0.25) is 24.2 Å². The first-order chi connectivity index (χ1) is 12.6. The van der Waals surface area contributed by atoms with E-state index in [1.807, 2.05) is 0 Å². The molecule has 9 nitrogen and oxygen atoms in total. The molecule has 1 unspecified atom stereocenters. The van der Waals surface area contributed by atoms with Crippen LogP contribution in [0.15, 0.2) is 36.4 Å². The van der Waals surface area contributed by atoms with Crippen molar-refractivity contribution in [3.8, 4) is 10.7 Å². The molecule has 0 bridgehead atoms. The smallest absolute Gasteiger partial charge is 0.271 e. The van der Waals surface area contributed by atoms with Crippen molar-refractivity contribution in [2.24, 2.45) is 7.05 Å². The van der Waals surface area contributed by atoms with Gasteiger partial charge in [0, 0.05) is 37.6 Å². The van der Waals surface area contributed by atoms with Gasteiger partial charge in [-0.15, -0.1) is 11.3 Å². The van der Waals surface area contributed by atoms with E-state index in [1.54, 1.807) is 53.0 Å². The second-order valence-electron chi connectivity index (χ2n) is 5.81. The van der Waals surface area contributed by atoms with E-state index in [0.717, 1.165) is 5.69 Å². The van der Waals surface area contributed by atoms with E-state index in [9.17, 15) is 9.59 Å². The third-order valence-electron chi connectivity index (χ3n) is 4.03. The maximum atomic E-state index is 12.5. The summed E-state index contributed by atoms with van der Waals surface area (Å²) in [5, 5.41) is 9.10. The fourth-order valence-electron chi connectivity index (χ4n) is 2.76. The number of nitrogens with zero attached hydrogens (tertiary/aromatic N) is 6. The number of anilines is 1. The molecule has 10 heteroatoms. The normalized spacial score (nSPS) is 16.9. The van der Waals surface area contributed by atoms with Gasteiger partial charge in [0.1, 0.15) is 22.4 Å². The minimum absolute atomic E-state index is 0.143. The lowest BCUT2D eigenvalue weighted by Gasteiger charge is -2.14. The number of hydrogen-bond acceptors (Lipinski definition) is 7. The minimum Gasteiger partial charge on any atom is -0.339 e. The lowest BCUT2D eigenvalue weighted by atomic mass is 10.2. The van der Waals surface area contributed by atoms with Gasteiger partial charge in [0.05, 0.1) is 18.1 Å². The maximum Gasteiger partial charge on any atom is 0.271 e. The highest BCUT2D eigenvalue weighted by atomic mass is 32.1. The Hall–Kier alpha value is -3.14. The Morgan fingerprint density at radius 3 is 2.96 bits per heavy atom. The Kier molecular flexibility index (Phi) is 4.17. The van der Waals surface area contributed by atoms with Crippen LogP contribution in [0.25, 0.3) is 10.7 Å². The van der Waals surface area contributed by atoms with Gasteiger partial charge in [0.25, 0.3) is 5.91 Å². The van der Waals surface area contributed by atoms with Gasteiger partial charge in [-0.05, 0) is 6.42 Å². The Labute approximate surface area is 152 Å². The molecule has 0 saturated carbocycles. The molecule has 4 heterocycles. The van der Waals surface area contributed by atoms with E-state index in [1.165, 1.54) is 11.3 Å². The average molecular weight is 369 g/mol. The maximum absolute atomic E-state index is 12.5. The van der Waals surface area contributed by atoms with Gasteiger partial charge < -0.3 is 10.2 Å². The highest BCUT2D eigenvalue weighted by molar-refractivity contribution is 7.13. The fourth-order valence-corrected chi connectivity index (χ4v) is 3.52. The van der Waals surface area contributed by atoms with Crippen molar-refractivity contribution in [2.45, 2.75) is 12.5 Å². The topological polar surface area (TPSA) is 106 Å². The predicted octanol–water partition coefficient (Wildman–Crippen LogP) is 0.869. The third-order valence-corrected chi connectivity index (χ3v) is 4.90. The Bertz CT molecular complexity index is 952. The molecule has 0 radical (unpaired) electrons. The molecule has 4 rings (SSSR count). The second kappa shape index (κ2) is 6.64. The summed E-state index contributed by atoms with van der Waals surface area (Å²) < 4.78 is 1.64. The van der Waals surface area contributed by atoms with Crippen LogP contribution in [0.5, 0.6) is 0 Å². The van der Waals surface area contributed by atoms with E-state index in [4.69, 9.17) is 0 Å². The van der Waals surface area contributed by atoms with Crippen LogP contribution in [0.4, 0.5) is 5.69 Å². The SMILES string of the molecule is Cn1cc(N2CCC(NC(=O)c3csc(-c4cnccn4)n3)C2=O)cn1. The van der Waals surface area contributed by atoms with Crippen LogP contribution < -0.4 is 10.2 Å². The molecule has 26 heavy (non-hydrogen) atoms. The summed E-state index contributed by atoms with van der Waals surface area (Å²) in [5.41, 5.74) is 1.60. The molecule has 1 N–H and O–H groups in total. The van der Waals surface area contributed by atoms with Crippen molar-refractivity contribution in [1.82, 2.24) is 30.0 Å². The van der Waals surface area contributed by atoms with Gasteiger partial charge in [0.2, 0.25) is 5.91 Å². The number of aryl methyl sites for hydroxylation is 1. The fraction of sp³-hybridized carbons (Fsp3) is 0.250. The summed E-state index contributed by atoms with van der Waals surface area (Å²) in [6.07, 6.45) is 8.68. The molecular formula is C16H15N7O2S. The number of thiazole rings is 1. The number of rotatable bonds is 4. The van der Waals surface area contributed by atoms with Crippen molar-refractivity contribution in [3.05, 3.63) is 42.1 Å². The molecule has 3 aromatic heterocycles. The van der Waals surface area contributed by atoms with Gasteiger partial charge in [-0.1, -0.05) is 0 Å². The molecule has 1 aliphatic rings. The van der Waals surface area contributed by atoms with Crippen LogP contribution in [0.3, 0.4) is 0 Å². The molecular weight excluding hydrogens is 354 g/mol. The molecule has 1 fully saturated rings. The van der Waals surface area contributed by atoms with Gasteiger partial charge in [0.15, 0.2) is 0 Å². The number of aromatic nitrogens is 5. The third kappa shape index (κ3) is 3.06. The Balaban J connectivity index is 1.44. The molecule has 2 amide bonds. The summed E-state index contributed by atoms with van der Waals surface area (Å²) >= 11 is 1.31. The molecule has 1 saturated heterocycles. The number of hydrogen-bond donors (Lipinski definition) is 1. The van der Waals surface area contributed by atoms with Crippen LogP contribution in [-0.4, -0.2) is 49.1 Å². The summed E-state index contributed by atoms with van der Waals surface area (Å²) in [5.74, 6) is -0.515. The Morgan fingerprint density at radius 1 is 1.35 bits per heavy atom. The lowest BCUT2D eigenvalue weighted by molar-refractivity contribution is -0.118. The van der Waals surface area contributed by atoms with E-state index < -0.39 is 6.04 Å². The van der Waals surface area contributed by atoms with E-state index in [-0.39, 0.29) is 17.5 Å². The predicted molar refractivity (Wildman–Crippen MR) is 94.6 cm³/mol. The summed E-state index contributed by atoms with van der Waals surface area (Å²) in [7, 11) is 1.79. The van der Waals surface area contributed by atoms with Gasteiger partial charge in [-0.2, -0.15) is 5.10 Å². The zero-order chi connectivity index (χ0) is 18.1. The molecule has 1 atom stereocenters. The van der Waals surface area contributed by atoms with E-state index >= 15 is 0 Å². The number of amides is 2. The summed E-state index contributed by atoms with van der Waals surface area (Å²) in [6.45, 7) is 0.539. The van der Waals surface area contributed by atoms with E-state index in [2.05, 4.69) is 25.4 Å². The van der Waals surface area contributed by atoms with Crippen molar-refractivity contribution < 1.29 is 9.59 Å². The zero-order valence-electron chi connectivity index (χ0n) is 13.9. The zero-order valence-corrected chi connectivity index (χ0v) is 14.7. The number of nitrogens with one attached hydrogen (secondary N) is 1. The largest absolute Gasteiger partial charge is 0.339 e. The van der Waals surface area contributed by atoms with Crippen molar-refractivity contribution in [2.75, 3.05) is 11.4 Å². The monoisotopic (exact) mass is 369 g/mol. The summed E-state index contributed by atoms with van der Waals surface area (Å²) in [6, 6.07) is -0.565. The van der Waals surface area contributed by atoms with E-state index in [0.29, 0.717) is 23.7 Å².